The number of para-hydroxylation sites is 1. The molecule has 0 spiro atoms. The average molecular weight is 384 g/mol. The molecule has 21 heavy (non-hydrogen) atoms. The van der Waals surface area contributed by atoms with Crippen LogP contribution >= 0.6 is 38.9 Å². The van der Waals surface area contributed by atoms with E-state index in [1.165, 1.54) is 22.2 Å². The minimum Gasteiger partial charge on any atom is -0.478 e. The van der Waals surface area contributed by atoms with Gasteiger partial charge in [-0.15, -0.1) is 11.3 Å². The molecule has 1 aromatic carbocycles. The van der Waals surface area contributed by atoms with Gasteiger partial charge in [-0.1, -0.05) is 23.7 Å². The van der Waals surface area contributed by atoms with E-state index in [4.69, 9.17) is 11.6 Å². The Hall–Kier alpha value is -1.63. The highest BCUT2D eigenvalue weighted by molar-refractivity contribution is 9.11. The molecule has 0 amide bonds. The fourth-order valence-electron chi connectivity index (χ4n) is 1.91. The molecular formula is C14H8BrClN2O2S. The molecule has 0 unspecified atom stereocenters. The summed E-state index contributed by atoms with van der Waals surface area (Å²) in [6.45, 7) is 0. The normalized spacial score (nSPS) is 10.8. The summed E-state index contributed by atoms with van der Waals surface area (Å²) in [5, 5.41) is 14.3. The Labute approximate surface area is 137 Å². The van der Waals surface area contributed by atoms with E-state index in [0.717, 1.165) is 8.66 Å². The van der Waals surface area contributed by atoms with Crippen LogP contribution in [0.25, 0.3) is 16.3 Å². The molecule has 7 heteroatoms. The predicted octanol–water partition coefficient (Wildman–Crippen LogP) is 4.71. The van der Waals surface area contributed by atoms with Crippen molar-refractivity contribution in [3.8, 4) is 16.3 Å². The molecule has 0 fully saturated rings. The van der Waals surface area contributed by atoms with Crippen LogP contribution < -0.4 is 0 Å². The lowest BCUT2D eigenvalue weighted by Gasteiger charge is -2.02. The summed E-state index contributed by atoms with van der Waals surface area (Å²) < 4.78 is 2.41. The summed E-state index contributed by atoms with van der Waals surface area (Å²) in [4.78, 5) is 12.2. The number of hydrogen-bond acceptors (Lipinski definition) is 3. The van der Waals surface area contributed by atoms with Gasteiger partial charge in [-0.05, 0) is 40.2 Å². The topological polar surface area (TPSA) is 55.1 Å². The standard InChI is InChI=1S/C14H8BrClN2O2S/c15-12-6-5-11(21-12)13-8(14(19)20)7-18(17-13)10-4-2-1-3-9(10)16/h1-7H,(H,19,20). The van der Waals surface area contributed by atoms with Crippen LogP contribution in [-0.4, -0.2) is 20.9 Å². The van der Waals surface area contributed by atoms with Gasteiger partial charge in [0.05, 0.1) is 19.4 Å². The van der Waals surface area contributed by atoms with E-state index in [1.54, 1.807) is 12.1 Å². The average Bonchev–Trinajstić information content (AvgIpc) is 3.05. The molecule has 0 bridgehead atoms. The van der Waals surface area contributed by atoms with Crippen molar-refractivity contribution >= 4 is 44.8 Å². The van der Waals surface area contributed by atoms with Crippen molar-refractivity contribution in [3.05, 3.63) is 57.0 Å². The highest BCUT2D eigenvalue weighted by Crippen LogP contribution is 2.33. The Bertz CT molecular complexity index is 828. The van der Waals surface area contributed by atoms with Gasteiger partial charge < -0.3 is 5.11 Å². The van der Waals surface area contributed by atoms with Crippen LogP contribution in [0.2, 0.25) is 5.02 Å². The number of hydrogen-bond donors (Lipinski definition) is 1. The molecule has 106 valence electrons. The Morgan fingerprint density at radius 3 is 2.67 bits per heavy atom. The molecule has 4 nitrogen and oxygen atoms in total. The SMILES string of the molecule is O=C(O)c1cn(-c2ccccc2Cl)nc1-c1ccc(Br)s1. The molecular weight excluding hydrogens is 376 g/mol. The minimum absolute atomic E-state index is 0.143. The number of carboxylic acids is 1. The first-order valence-corrected chi connectivity index (χ1v) is 7.88. The van der Waals surface area contributed by atoms with Crippen LogP contribution in [0.4, 0.5) is 0 Å². The number of benzene rings is 1. The Morgan fingerprint density at radius 2 is 2.05 bits per heavy atom. The van der Waals surface area contributed by atoms with E-state index < -0.39 is 5.97 Å². The highest BCUT2D eigenvalue weighted by atomic mass is 79.9. The van der Waals surface area contributed by atoms with Crippen molar-refractivity contribution in [1.29, 1.82) is 0 Å². The van der Waals surface area contributed by atoms with Crippen LogP contribution in [0.1, 0.15) is 10.4 Å². The lowest BCUT2D eigenvalue weighted by atomic mass is 10.2. The van der Waals surface area contributed by atoms with Gasteiger partial charge in [0.25, 0.3) is 0 Å². The molecule has 3 aromatic rings. The number of aromatic carboxylic acids is 1. The summed E-state index contributed by atoms with van der Waals surface area (Å²) in [6, 6.07) is 10.9. The molecule has 3 rings (SSSR count). The van der Waals surface area contributed by atoms with Gasteiger partial charge >= 0.3 is 5.97 Å². The van der Waals surface area contributed by atoms with E-state index in [0.29, 0.717) is 16.4 Å². The zero-order valence-electron chi connectivity index (χ0n) is 10.5. The first kappa shape index (κ1) is 14.3. The van der Waals surface area contributed by atoms with Crippen molar-refractivity contribution in [3.63, 3.8) is 0 Å². The minimum atomic E-state index is -1.02. The highest BCUT2D eigenvalue weighted by Gasteiger charge is 2.19. The quantitative estimate of drug-likeness (QED) is 0.712. The number of thiophene rings is 1. The lowest BCUT2D eigenvalue weighted by Crippen LogP contribution is -1.96. The van der Waals surface area contributed by atoms with Crippen molar-refractivity contribution in [2.24, 2.45) is 0 Å². The second kappa shape index (κ2) is 5.63. The van der Waals surface area contributed by atoms with Gasteiger partial charge in [0.1, 0.15) is 11.3 Å². The summed E-state index contributed by atoms with van der Waals surface area (Å²) in [5.41, 5.74) is 1.21. The van der Waals surface area contributed by atoms with Gasteiger partial charge in [-0.2, -0.15) is 5.10 Å². The number of halogens is 2. The van der Waals surface area contributed by atoms with E-state index in [9.17, 15) is 9.90 Å². The molecule has 0 saturated heterocycles. The zero-order chi connectivity index (χ0) is 15.0. The summed E-state index contributed by atoms with van der Waals surface area (Å²) >= 11 is 10.9. The van der Waals surface area contributed by atoms with Crippen LogP contribution in [0.3, 0.4) is 0 Å². The number of rotatable bonds is 3. The van der Waals surface area contributed by atoms with Crippen LogP contribution in [0, 0.1) is 0 Å². The van der Waals surface area contributed by atoms with E-state index in [-0.39, 0.29) is 5.56 Å². The smallest absolute Gasteiger partial charge is 0.339 e. The van der Waals surface area contributed by atoms with Crippen molar-refractivity contribution in [2.45, 2.75) is 0 Å². The van der Waals surface area contributed by atoms with Gasteiger partial charge in [-0.25, -0.2) is 9.48 Å². The third-order valence-electron chi connectivity index (χ3n) is 2.85. The molecule has 0 aliphatic rings. The predicted molar refractivity (Wildman–Crippen MR) is 86.5 cm³/mol. The third kappa shape index (κ3) is 2.74. The molecule has 0 aliphatic carbocycles. The first-order chi connectivity index (χ1) is 10.1. The number of nitrogens with zero attached hydrogens (tertiary/aromatic N) is 2. The number of aromatic nitrogens is 2. The maximum absolute atomic E-state index is 11.4. The van der Waals surface area contributed by atoms with Gasteiger partial charge in [0.15, 0.2) is 0 Å². The van der Waals surface area contributed by atoms with E-state index >= 15 is 0 Å². The zero-order valence-corrected chi connectivity index (χ0v) is 13.6. The largest absolute Gasteiger partial charge is 0.478 e. The third-order valence-corrected chi connectivity index (χ3v) is 4.80. The van der Waals surface area contributed by atoms with E-state index in [1.807, 2.05) is 24.3 Å². The van der Waals surface area contributed by atoms with Crippen molar-refractivity contribution in [2.75, 3.05) is 0 Å². The molecule has 1 N–H and O–H groups in total. The summed E-state index contributed by atoms with van der Waals surface area (Å²) in [6.07, 6.45) is 1.48. The van der Waals surface area contributed by atoms with Crippen LogP contribution in [-0.2, 0) is 0 Å². The van der Waals surface area contributed by atoms with Crippen molar-refractivity contribution in [1.82, 2.24) is 9.78 Å². The Kier molecular flexibility index (Phi) is 3.84. The maximum Gasteiger partial charge on any atom is 0.339 e. The lowest BCUT2D eigenvalue weighted by molar-refractivity contribution is 0.0697. The van der Waals surface area contributed by atoms with Crippen LogP contribution in [0.15, 0.2) is 46.4 Å². The fraction of sp³-hybridized carbons (Fsp3) is 0. The molecule has 0 atom stereocenters. The monoisotopic (exact) mass is 382 g/mol. The molecule has 2 aromatic heterocycles. The molecule has 0 aliphatic heterocycles. The van der Waals surface area contributed by atoms with Gasteiger partial charge in [0, 0.05) is 6.20 Å². The number of carboxylic acid groups (broad SMARTS) is 1. The summed E-state index contributed by atoms with van der Waals surface area (Å²) in [5.74, 6) is -1.02. The number of carbonyl (C=O) groups is 1. The fourth-order valence-corrected chi connectivity index (χ4v) is 3.52. The van der Waals surface area contributed by atoms with Crippen LogP contribution in [0.5, 0.6) is 0 Å². The maximum atomic E-state index is 11.4. The molecule has 0 radical (unpaired) electrons. The second-order valence-electron chi connectivity index (χ2n) is 4.20. The first-order valence-electron chi connectivity index (χ1n) is 5.90. The molecule has 0 saturated carbocycles. The van der Waals surface area contributed by atoms with E-state index in [2.05, 4.69) is 21.0 Å². The van der Waals surface area contributed by atoms with Gasteiger partial charge in [0.2, 0.25) is 0 Å². The van der Waals surface area contributed by atoms with Gasteiger partial charge in [-0.3, -0.25) is 0 Å². The molecule has 2 heterocycles. The summed E-state index contributed by atoms with van der Waals surface area (Å²) in [7, 11) is 0. The Balaban J connectivity index is 2.18. The van der Waals surface area contributed by atoms with Crippen molar-refractivity contribution < 1.29 is 9.90 Å². The Morgan fingerprint density at radius 1 is 1.29 bits per heavy atom. The second-order valence-corrected chi connectivity index (χ2v) is 7.07.